The van der Waals surface area contributed by atoms with Crippen molar-refractivity contribution in [3.63, 3.8) is 0 Å². The van der Waals surface area contributed by atoms with Crippen LogP contribution >= 0.6 is 0 Å². The first-order valence-electron chi connectivity index (χ1n) is 9.18. The SMILES string of the molecule is CN(C)c1ccc(C[NH2+]C2CC[NH+](Cc3ccccc3)CC2)cc1. The van der Waals surface area contributed by atoms with E-state index < -0.39 is 0 Å². The number of nitrogens with two attached hydrogens (primary N) is 1. The Balaban J connectivity index is 1.41. The van der Waals surface area contributed by atoms with Crippen LogP contribution in [-0.2, 0) is 13.1 Å². The van der Waals surface area contributed by atoms with Crippen molar-refractivity contribution in [1.82, 2.24) is 0 Å². The molecule has 3 N–H and O–H groups in total. The van der Waals surface area contributed by atoms with Crippen LogP contribution in [0.5, 0.6) is 0 Å². The van der Waals surface area contributed by atoms with Crippen LogP contribution < -0.4 is 15.1 Å². The lowest BCUT2D eigenvalue weighted by atomic mass is 10.0. The third-order valence-electron chi connectivity index (χ3n) is 5.17. The standard InChI is InChI=1S/C21H29N3/c1-23(2)21-10-8-18(9-11-21)16-22-20-12-14-24(15-13-20)17-19-6-4-3-5-7-19/h3-11,20,22H,12-17H2,1-2H3/p+2. The number of hydrogen-bond donors (Lipinski definition) is 2. The Morgan fingerprint density at radius 2 is 1.58 bits per heavy atom. The largest absolute Gasteiger partial charge is 0.378 e. The summed E-state index contributed by atoms with van der Waals surface area (Å²) in [7, 11) is 4.18. The molecule has 3 rings (SSSR count). The van der Waals surface area contributed by atoms with Gasteiger partial charge in [-0.2, -0.15) is 0 Å². The predicted molar refractivity (Wildman–Crippen MR) is 100 cm³/mol. The average Bonchev–Trinajstić information content (AvgIpc) is 2.62. The third kappa shape index (κ3) is 4.83. The fourth-order valence-corrected chi connectivity index (χ4v) is 3.58. The first-order valence-corrected chi connectivity index (χ1v) is 9.18. The van der Waals surface area contributed by atoms with E-state index in [-0.39, 0.29) is 0 Å². The topological polar surface area (TPSA) is 24.3 Å². The lowest BCUT2D eigenvalue weighted by molar-refractivity contribution is -0.926. The van der Waals surface area contributed by atoms with Gasteiger partial charge < -0.3 is 15.1 Å². The molecule has 1 fully saturated rings. The summed E-state index contributed by atoms with van der Waals surface area (Å²) in [6.07, 6.45) is 2.66. The highest BCUT2D eigenvalue weighted by atomic mass is 15.1. The van der Waals surface area contributed by atoms with E-state index in [1.54, 1.807) is 4.90 Å². The van der Waals surface area contributed by atoms with Crippen LogP contribution in [0.25, 0.3) is 0 Å². The highest BCUT2D eigenvalue weighted by Crippen LogP contribution is 2.11. The van der Waals surface area contributed by atoms with Crippen molar-refractivity contribution in [3.8, 4) is 0 Å². The summed E-state index contributed by atoms with van der Waals surface area (Å²) in [6, 6.07) is 20.7. The van der Waals surface area contributed by atoms with Crippen molar-refractivity contribution >= 4 is 5.69 Å². The highest BCUT2D eigenvalue weighted by molar-refractivity contribution is 5.45. The van der Waals surface area contributed by atoms with E-state index >= 15 is 0 Å². The number of nitrogens with one attached hydrogen (secondary N) is 1. The van der Waals surface area contributed by atoms with Gasteiger partial charge in [0.1, 0.15) is 13.1 Å². The fourth-order valence-electron chi connectivity index (χ4n) is 3.58. The third-order valence-corrected chi connectivity index (χ3v) is 5.17. The molecule has 1 aliphatic heterocycles. The summed E-state index contributed by atoms with van der Waals surface area (Å²) in [5, 5.41) is 2.55. The Kier molecular flexibility index (Phi) is 5.89. The van der Waals surface area contributed by atoms with Gasteiger partial charge in [-0.15, -0.1) is 0 Å². The molecule has 0 amide bonds. The first-order chi connectivity index (χ1) is 11.7. The molecular weight excluding hydrogens is 294 g/mol. The van der Waals surface area contributed by atoms with E-state index in [0.29, 0.717) is 0 Å². The minimum Gasteiger partial charge on any atom is -0.378 e. The van der Waals surface area contributed by atoms with Gasteiger partial charge in [0.2, 0.25) is 0 Å². The quantitative estimate of drug-likeness (QED) is 0.816. The molecule has 1 aliphatic rings. The van der Waals surface area contributed by atoms with Gasteiger partial charge in [-0.25, -0.2) is 0 Å². The maximum Gasteiger partial charge on any atom is 0.103 e. The zero-order valence-corrected chi connectivity index (χ0v) is 15.0. The van der Waals surface area contributed by atoms with Crippen LogP contribution in [-0.4, -0.2) is 33.2 Å². The summed E-state index contributed by atoms with van der Waals surface area (Å²) >= 11 is 0. The number of nitrogens with zero attached hydrogens (tertiary/aromatic N) is 1. The summed E-state index contributed by atoms with van der Waals surface area (Å²) < 4.78 is 0. The van der Waals surface area contributed by atoms with Crippen molar-refractivity contribution in [2.75, 3.05) is 32.1 Å². The van der Waals surface area contributed by atoms with Crippen LogP contribution in [0.2, 0.25) is 0 Å². The maximum absolute atomic E-state index is 2.55. The smallest absolute Gasteiger partial charge is 0.103 e. The number of likely N-dealkylation sites (tertiary alicyclic amines) is 1. The molecule has 0 radical (unpaired) electrons. The van der Waals surface area contributed by atoms with Gasteiger partial charge in [-0.1, -0.05) is 42.5 Å². The molecule has 3 heteroatoms. The fraction of sp³-hybridized carbons (Fsp3) is 0.429. The number of piperidine rings is 1. The molecule has 1 heterocycles. The van der Waals surface area contributed by atoms with E-state index in [0.717, 1.165) is 12.6 Å². The van der Waals surface area contributed by atoms with Gasteiger partial charge >= 0.3 is 0 Å². The van der Waals surface area contributed by atoms with Crippen LogP contribution in [0.4, 0.5) is 5.69 Å². The molecule has 0 aliphatic carbocycles. The summed E-state index contributed by atoms with van der Waals surface area (Å²) in [5.41, 5.74) is 4.17. The van der Waals surface area contributed by atoms with Crippen LogP contribution in [0.15, 0.2) is 54.6 Å². The lowest BCUT2D eigenvalue weighted by Crippen LogP contribution is -3.13. The van der Waals surface area contributed by atoms with Crippen molar-refractivity contribution in [2.24, 2.45) is 0 Å². The van der Waals surface area contributed by atoms with Crippen LogP contribution in [0.1, 0.15) is 24.0 Å². The molecule has 0 saturated carbocycles. The predicted octanol–water partition coefficient (Wildman–Crippen LogP) is 1.06. The number of benzene rings is 2. The molecule has 128 valence electrons. The molecule has 2 aromatic rings. The second kappa shape index (κ2) is 8.32. The summed E-state index contributed by atoms with van der Waals surface area (Å²) in [4.78, 5) is 3.89. The first kappa shape index (κ1) is 17.0. The molecule has 2 aromatic carbocycles. The molecule has 0 atom stereocenters. The highest BCUT2D eigenvalue weighted by Gasteiger charge is 2.24. The Morgan fingerprint density at radius 1 is 0.917 bits per heavy atom. The summed E-state index contributed by atoms with van der Waals surface area (Å²) in [5.74, 6) is 0. The number of rotatable bonds is 6. The molecule has 0 aromatic heterocycles. The normalized spacial score (nSPS) is 20.8. The van der Waals surface area contributed by atoms with E-state index in [2.05, 4.69) is 78.9 Å². The van der Waals surface area contributed by atoms with Gasteiger partial charge in [0.25, 0.3) is 0 Å². The minimum atomic E-state index is 0.790. The zero-order chi connectivity index (χ0) is 16.8. The molecule has 24 heavy (non-hydrogen) atoms. The van der Waals surface area contributed by atoms with Gasteiger partial charge in [-0.05, 0) is 12.1 Å². The second-order valence-corrected chi connectivity index (χ2v) is 7.25. The van der Waals surface area contributed by atoms with Crippen LogP contribution in [0, 0.1) is 0 Å². The lowest BCUT2D eigenvalue weighted by Gasteiger charge is -2.28. The number of anilines is 1. The Labute approximate surface area is 146 Å². The van der Waals surface area contributed by atoms with E-state index in [4.69, 9.17) is 0 Å². The molecule has 3 nitrogen and oxygen atoms in total. The second-order valence-electron chi connectivity index (χ2n) is 7.25. The molecular formula is C21H31N3+2. The minimum absolute atomic E-state index is 0.790. The van der Waals surface area contributed by atoms with Crippen molar-refractivity contribution in [1.29, 1.82) is 0 Å². The van der Waals surface area contributed by atoms with E-state index in [1.165, 1.54) is 49.3 Å². The summed E-state index contributed by atoms with van der Waals surface area (Å²) in [6.45, 7) is 4.89. The number of quaternary nitrogens is 2. The van der Waals surface area contributed by atoms with Gasteiger partial charge in [-0.3, -0.25) is 0 Å². The van der Waals surface area contributed by atoms with E-state index in [1.807, 2.05) is 0 Å². The van der Waals surface area contributed by atoms with Crippen molar-refractivity contribution in [2.45, 2.75) is 32.0 Å². The Hall–Kier alpha value is -1.84. The average molecular weight is 326 g/mol. The molecule has 0 unspecified atom stereocenters. The number of hydrogen-bond acceptors (Lipinski definition) is 1. The van der Waals surface area contributed by atoms with Crippen molar-refractivity contribution < 1.29 is 10.2 Å². The van der Waals surface area contributed by atoms with Gasteiger partial charge in [0.05, 0.1) is 19.1 Å². The zero-order valence-electron chi connectivity index (χ0n) is 15.0. The molecule has 0 bridgehead atoms. The van der Waals surface area contributed by atoms with Crippen molar-refractivity contribution in [3.05, 3.63) is 65.7 Å². The Bertz CT molecular complexity index is 599. The maximum atomic E-state index is 2.55. The van der Waals surface area contributed by atoms with Gasteiger partial charge in [0, 0.05) is 43.8 Å². The van der Waals surface area contributed by atoms with Gasteiger partial charge in [0.15, 0.2) is 0 Å². The van der Waals surface area contributed by atoms with Crippen LogP contribution in [0.3, 0.4) is 0 Å². The van der Waals surface area contributed by atoms with E-state index in [9.17, 15) is 0 Å². The monoisotopic (exact) mass is 325 g/mol. The molecule has 1 saturated heterocycles. The Morgan fingerprint density at radius 3 is 2.21 bits per heavy atom. The molecule has 0 spiro atoms.